The number of aryl methyl sites for hydroxylation is 1. The first-order valence-corrected chi connectivity index (χ1v) is 10.1. The van der Waals surface area contributed by atoms with Crippen molar-refractivity contribution in [1.29, 1.82) is 0 Å². The maximum absolute atomic E-state index is 6.59. The number of aliphatic imine (C=N–C) groups is 1. The van der Waals surface area contributed by atoms with Gasteiger partial charge in [-0.25, -0.2) is 0 Å². The number of hydrogen-bond acceptors (Lipinski definition) is 5. The van der Waals surface area contributed by atoms with Gasteiger partial charge in [0.05, 0.1) is 11.6 Å². The van der Waals surface area contributed by atoms with E-state index in [1.165, 1.54) is 11.1 Å². The van der Waals surface area contributed by atoms with Gasteiger partial charge in [0.2, 0.25) is 0 Å². The maximum atomic E-state index is 6.59. The quantitative estimate of drug-likeness (QED) is 0.684. The molecule has 29 heavy (non-hydrogen) atoms. The molecule has 4 rings (SSSR count). The molecule has 0 fully saturated rings. The number of ether oxygens (including phenoxy) is 1. The van der Waals surface area contributed by atoms with E-state index in [1.807, 2.05) is 44.2 Å². The Kier molecular flexibility index (Phi) is 5.49. The van der Waals surface area contributed by atoms with Crippen LogP contribution in [-0.4, -0.2) is 22.3 Å². The van der Waals surface area contributed by atoms with Crippen LogP contribution in [0.25, 0.3) is 6.08 Å². The van der Waals surface area contributed by atoms with E-state index in [4.69, 9.17) is 16.3 Å². The third kappa shape index (κ3) is 4.25. The van der Waals surface area contributed by atoms with Gasteiger partial charge in [0.1, 0.15) is 17.4 Å². The van der Waals surface area contributed by atoms with Crippen molar-refractivity contribution in [2.45, 2.75) is 33.6 Å². The normalized spacial score (nSPS) is 15.2. The second-order valence-electron chi connectivity index (χ2n) is 7.15. The lowest BCUT2D eigenvalue weighted by molar-refractivity contribution is 0.440. The number of aromatic nitrogens is 2. The van der Waals surface area contributed by atoms with Gasteiger partial charge in [-0.2, -0.15) is 9.97 Å². The summed E-state index contributed by atoms with van der Waals surface area (Å²) in [4.78, 5) is 13.5. The van der Waals surface area contributed by atoms with Crippen molar-refractivity contribution in [2.75, 3.05) is 11.9 Å². The Hall–Kier alpha value is -2.92. The zero-order chi connectivity index (χ0) is 20.4. The molecule has 6 heteroatoms. The van der Waals surface area contributed by atoms with Crippen LogP contribution in [0.15, 0.2) is 52.6 Å². The molecule has 1 aromatic carbocycles. The molecule has 5 nitrogen and oxygen atoms in total. The minimum absolute atomic E-state index is 0.267. The molecular weight excluding hydrogens is 384 g/mol. The molecule has 2 aromatic rings. The van der Waals surface area contributed by atoms with E-state index in [-0.39, 0.29) is 6.01 Å². The van der Waals surface area contributed by atoms with Gasteiger partial charge in [-0.3, -0.25) is 4.99 Å². The number of rotatable bonds is 5. The molecule has 1 N–H and O–H groups in total. The molecule has 1 aliphatic carbocycles. The molecule has 0 radical (unpaired) electrons. The molecule has 0 amide bonds. The van der Waals surface area contributed by atoms with Gasteiger partial charge in [0.15, 0.2) is 0 Å². The summed E-state index contributed by atoms with van der Waals surface area (Å²) in [6.07, 6.45) is 9.87. The summed E-state index contributed by atoms with van der Waals surface area (Å²) in [6, 6.07) is 6.11. The second kappa shape index (κ2) is 8.21. The first-order valence-electron chi connectivity index (χ1n) is 9.74. The highest BCUT2D eigenvalue weighted by Crippen LogP contribution is 2.38. The van der Waals surface area contributed by atoms with Crippen LogP contribution in [0.2, 0.25) is 5.02 Å². The fourth-order valence-corrected chi connectivity index (χ4v) is 3.70. The maximum Gasteiger partial charge on any atom is 0.324 e. The number of nitrogens with zero attached hydrogens (tertiary/aromatic N) is 3. The summed E-state index contributed by atoms with van der Waals surface area (Å²) >= 11 is 6.59. The van der Waals surface area contributed by atoms with Gasteiger partial charge in [-0.05, 0) is 50.0 Å². The Labute approximate surface area is 175 Å². The highest BCUT2D eigenvalue weighted by molar-refractivity contribution is 6.33. The molecule has 0 unspecified atom stereocenters. The standard InChI is InChI=1S/C23H23ClN4O/c1-4-6-15-11-20(25-13-15)27-21-12-17(5-2)26-23(28-21)29-19-8-7-16-9-14(3)10-18(16)22(19)24/h4,6-8,10-12H,5,9,13H2,1-3H3,(H,25,26,27,28)/b6-4+. The Balaban J connectivity index is 1.59. The molecule has 0 spiro atoms. The Morgan fingerprint density at radius 2 is 2.10 bits per heavy atom. The van der Waals surface area contributed by atoms with E-state index >= 15 is 0 Å². The van der Waals surface area contributed by atoms with Crippen molar-refractivity contribution in [3.63, 3.8) is 0 Å². The van der Waals surface area contributed by atoms with Crippen molar-refractivity contribution < 1.29 is 4.74 Å². The fraction of sp³-hybridized carbons (Fsp3) is 0.261. The number of benzene rings is 1. The van der Waals surface area contributed by atoms with E-state index in [0.29, 0.717) is 23.1 Å². The second-order valence-corrected chi connectivity index (χ2v) is 7.52. The van der Waals surface area contributed by atoms with Crippen LogP contribution < -0.4 is 10.1 Å². The van der Waals surface area contributed by atoms with Gasteiger partial charge in [0, 0.05) is 17.3 Å². The van der Waals surface area contributed by atoms with E-state index < -0.39 is 0 Å². The van der Waals surface area contributed by atoms with Crippen molar-refractivity contribution in [1.82, 2.24) is 9.97 Å². The largest absolute Gasteiger partial charge is 0.423 e. The van der Waals surface area contributed by atoms with Crippen LogP contribution in [0.4, 0.5) is 5.82 Å². The lowest BCUT2D eigenvalue weighted by Gasteiger charge is -2.12. The predicted octanol–water partition coefficient (Wildman–Crippen LogP) is 5.77. The van der Waals surface area contributed by atoms with Crippen molar-refractivity contribution in [3.05, 3.63) is 69.4 Å². The van der Waals surface area contributed by atoms with Crippen LogP contribution in [0.1, 0.15) is 37.6 Å². The van der Waals surface area contributed by atoms with E-state index in [2.05, 4.69) is 39.4 Å². The van der Waals surface area contributed by atoms with Gasteiger partial charge in [-0.15, -0.1) is 0 Å². The SMILES string of the molecule is C/C=C/C1=CC(Nc2cc(CC)nc(Oc3ccc4c(c3Cl)C=C(C)C4)n2)=NC1. The lowest BCUT2D eigenvalue weighted by Crippen LogP contribution is -2.10. The van der Waals surface area contributed by atoms with Crippen LogP contribution >= 0.6 is 11.6 Å². The molecule has 1 aromatic heterocycles. The van der Waals surface area contributed by atoms with Crippen LogP contribution in [0.5, 0.6) is 11.8 Å². The number of anilines is 1. The fourth-order valence-electron chi connectivity index (χ4n) is 3.43. The molecule has 2 aliphatic rings. The predicted molar refractivity (Wildman–Crippen MR) is 119 cm³/mol. The Morgan fingerprint density at radius 1 is 1.24 bits per heavy atom. The van der Waals surface area contributed by atoms with Crippen molar-refractivity contribution in [3.8, 4) is 11.8 Å². The minimum Gasteiger partial charge on any atom is -0.423 e. The summed E-state index contributed by atoms with van der Waals surface area (Å²) in [5.41, 5.74) is 5.56. The first-order chi connectivity index (χ1) is 14.1. The Morgan fingerprint density at radius 3 is 2.90 bits per heavy atom. The van der Waals surface area contributed by atoms with Gasteiger partial charge < -0.3 is 10.1 Å². The van der Waals surface area contributed by atoms with Gasteiger partial charge in [0.25, 0.3) is 0 Å². The van der Waals surface area contributed by atoms with Crippen LogP contribution in [0.3, 0.4) is 0 Å². The number of amidine groups is 1. The summed E-state index contributed by atoms with van der Waals surface area (Å²) in [6.45, 7) is 6.81. The van der Waals surface area contributed by atoms with E-state index in [1.54, 1.807) is 0 Å². The topological polar surface area (TPSA) is 59.4 Å². The van der Waals surface area contributed by atoms with E-state index in [0.717, 1.165) is 35.5 Å². The van der Waals surface area contributed by atoms with Crippen LogP contribution in [0, 0.1) is 0 Å². The number of fused-ring (bicyclic) bond motifs is 1. The summed E-state index contributed by atoms with van der Waals surface area (Å²) in [5.74, 6) is 1.99. The van der Waals surface area contributed by atoms with Gasteiger partial charge >= 0.3 is 6.01 Å². The Bertz CT molecular complexity index is 1080. The molecule has 0 atom stereocenters. The average Bonchev–Trinajstić information content (AvgIpc) is 3.30. The minimum atomic E-state index is 0.267. The molecule has 148 valence electrons. The molecule has 0 bridgehead atoms. The molecule has 0 saturated heterocycles. The lowest BCUT2D eigenvalue weighted by atomic mass is 10.1. The first kappa shape index (κ1) is 19.4. The third-order valence-corrected chi connectivity index (χ3v) is 5.20. The van der Waals surface area contributed by atoms with Crippen molar-refractivity contribution >= 4 is 29.3 Å². The molecule has 0 saturated carbocycles. The molecule has 1 aliphatic heterocycles. The third-order valence-electron chi connectivity index (χ3n) is 4.81. The highest BCUT2D eigenvalue weighted by atomic mass is 35.5. The number of halogens is 1. The zero-order valence-corrected chi connectivity index (χ0v) is 17.5. The van der Waals surface area contributed by atoms with E-state index in [9.17, 15) is 0 Å². The summed E-state index contributed by atoms with van der Waals surface area (Å²) in [7, 11) is 0. The number of hydrogen-bond donors (Lipinski definition) is 1. The molecule has 2 heterocycles. The monoisotopic (exact) mass is 406 g/mol. The average molecular weight is 407 g/mol. The van der Waals surface area contributed by atoms with Crippen molar-refractivity contribution in [2.24, 2.45) is 4.99 Å². The number of nitrogens with one attached hydrogen (secondary N) is 1. The van der Waals surface area contributed by atoms with Gasteiger partial charge in [-0.1, -0.05) is 48.4 Å². The van der Waals surface area contributed by atoms with Crippen LogP contribution in [-0.2, 0) is 12.8 Å². The summed E-state index contributed by atoms with van der Waals surface area (Å²) in [5, 5.41) is 3.85. The smallest absolute Gasteiger partial charge is 0.324 e. The summed E-state index contributed by atoms with van der Waals surface area (Å²) < 4.78 is 5.99. The zero-order valence-electron chi connectivity index (χ0n) is 16.8. The number of allylic oxidation sites excluding steroid dienone is 2. The highest BCUT2D eigenvalue weighted by Gasteiger charge is 2.18. The molecular formula is C23H23ClN4O.